The van der Waals surface area contributed by atoms with Crippen LogP contribution in [0.15, 0.2) is 64.0 Å². The lowest BCUT2D eigenvalue weighted by Crippen LogP contribution is -2.35. The third-order valence-electron chi connectivity index (χ3n) is 4.96. The number of guanidine groups is 1. The fraction of sp³-hybridized carbons (Fsp3) is 0.250. The lowest BCUT2D eigenvalue weighted by atomic mass is 10.1. The Labute approximate surface area is 168 Å². The molecule has 1 atom stereocenters. The Balaban J connectivity index is 1.50. The predicted octanol–water partition coefficient (Wildman–Crippen LogP) is 2.74. The van der Waals surface area contributed by atoms with Crippen molar-refractivity contribution in [3.05, 3.63) is 66.1 Å². The van der Waals surface area contributed by atoms with Crippen LogP contribution in [-0.2, 0) is 15.6 Å². The topological polar surface area (TPSA) is 126 Å². The molecule has 0 amide bonds. The Hall–Kier alpha value is -3.20. The molecule has 3 N–H and O–H groups in total. The fourth-order valence-electron chi connectivity index (χ4n) is 3.48. The largest absolute Gasteiger partial charge is 0.370 e. The molecule has 2 aromatic carbocycles. The smallest absolute Gasteiger partial charge is 0.249 e. The number of likely N-dealkylation sites (tertiary alicyclic amines) is 1. The summed E-state index contributed by atoms with van der Waals surface area (Å²) in [4.78, 5) is 6.51. The fourth-order valence-corrected chi connectivity index (χ4v) is 4.85. The van der Waals surface area contributed by atoms with Crippen LogP contribution in [-0.4, -0.2) is 36.0 Å². The lowest BCUT2D eigenvalue weighted by Gasteiger charge is -2.21. The molecule has 29 heavy (non-hydrogen) atoms. The van der Waals surface area contributed by atoms with Crippen LogP contribution in [0, 0.1) is 5.41 Å². The molecule has 1 saturated heterocycles. The van der Waals surface area contributed by atoms with Crippen LogP contribution in [0.25, 0.3) is 11.4 Å². The molecule has 0 bridgehead atoms. The predicted molar refractivity (Wildman–Crippen MR) is 108 cm³/mol. The second-order valence-corrected chi connectivity index (χ2v) is 8.95. The van der Waals surface area contributed by atoms with E-state index in [1.54, 1.807) is 59.5 Å². The number of benzene rings is 2. The van der Waals surface area contributed by atoms with Crippen molar-refractivity contribution < 1.29 is 12.9 Å². The Morgan fingerprint density at radius 3 is 2.59 bits per heavy atom. The third kappa shape index (κ3) is 4.00. The first kappa shape index (κ1) is 19.1. The van der Waals surface area contributed by atoms with Gasteiger partial charge in [0.2, 0.25) is 11.7 Å². The quantitative estimate of drug-likeness (QED) is 0.488. The molecular formula is C20H21N5O3S. The SMILES string of the molecule is N=C(N)N1CCC[C@H]1c1nc(-c2ccc(CS(=O)(=O)c3ccccc3)cc2)no1. The summed E-state index contributed by atoms with van der Waals surface area (Å²) in [6, 6.07) is 15.3. The first-order chi connectivity index (χ1) is 13.9. The summed E-state index contributed by atoms with van der Waals surface area (Å²) in [5, 5.41) is 11.7. The molecule has 2 heterocycles. The van der Waals surface area contributed by atoms with Crippen LogP contribution in [0.3, 0.4) is 0 Å². The Morgan fingerprint density at radius 1 is 1.17 bits per heavy atom. The van der Waals surface area contributed by atoms with Crippen molar-refractivity contribution in [1.82, 2.24) is 15.0 Å². The van der Waals surface area contributed by atoms with E-state index < -0.39 is 9.84 Å². The van der Waals surface area contributed by atoms with Crippen LogP contribution >= 0.6 is 0 Å². The minimum absolute atomic E-state index is 0.00349. The molecule has 0 unspecified atom stereocenters. The molecule has 0 spiro atoms. The molecule has 150 valence electrons. The van der Waals surface area contributed by atoms with Crippen LogP contribution in [0.4, 0.5) is 0 Å². The second kappa shape index (κ2) is 7.67. The summed E-state index contributed by atoms with van der Waals surface area (Å²) in [5.74, 6) is 0.775. The van der Waals surface area contributed by atoms with E-state index in [-0.39, 0.29) is 17.8 Å². The number of rotatable bonds is 5. The molecule has 0 radical (unpaired) electrons. The zero-order chi connectivity index (χ0) is 20.4. The van der Waals surface area contributed by atoms with Crippen LogP contribution < -0.4 is 5.73 Å². The Bertz CT molecular complexity index is 1110. The van der Waals surface area contributed by atoms with E-state index >= 15 is 0 Å². The van der Waals surface area contributed by atoms with Crippen LogP contribution in [0.1, 0.15) is 30.3 Å². The van der Waals surface area contributed by atoms with Crippen molar-refractivity contribution in [2.45, 2.75) is 29.5 Å². The van der Waals surface area contributed by atoms with Crippen molar-refractivity contribution in [2.24, 2.45) is 5.73 Å². The van der Waals surface area contributed by atoms with E-state index in [9.17, 15) is 8.42 Å². The summed E-state index contributed by atoms with van der Waals surface area (Å²) >= 11 is 0. The maximum atomic E-state index is 12.5. The van der Waals surface area contributed by atoms with E-state index in [0.29, 0.717) is 28.7 Å². The van der Waals surface area contributed by atoms with Gasteiger partial charge in [-0.25, -0.2) is 8.42 Å². The minimum Gasteiger partial charge on any atom is -0.370 e. The maximum Gasteiger partial charge on any atom is 0.249 e. The van der Waals surface area contributed by atoms with Gasteiger partial charge in [0.25, 0.3) is 0 Å². The van der Waals surface area contributed by atoms with Gasteiger partial charge in [-0.3, -0.25) is 5.41 Å². The molecule has 0 saturated carbocycles. The van der Waals surface area contributed by atoms with E-state index in [1.165, 1.54) is 0 Å². The Morgan fingerprint density at radius 2 is 1.90 bits per heavy atom. The summed E-state index contributed by atoms with van der Waals surface area (Å²) in [5.41, 5.74) is 7.03. The highest BCUT2D eigenvalue weighted by atomic mass is 32.2. The molecule has 4 rings (SSSR count). The zero-order valence-corrected chi connectivity index (χ0v) is 16.5. The Kier molecular flexibility index (Phi) is 5.06. The normalized spacial score (nSPS) is 16.8. The molecule has 3 aromatic rings. The summed E-state index contributed by atoms with van der Waals surface area (Å²) in [6.45, 7) is 0.697. The molecule has 1 aliphatic rings. The second-order valence-electron chi connectivity index (χ2n) is 6.96. The van der Waals surface area contributed by atoms with Gasteiger partial charge in [-0.05, 0) is 30.5 Å². The lowest BCUT2D eigenvalue weighted by molar-refractivity contribution is 0.283. The number of nitrogens with one attached hydrogen (secondary N) is 1. The monoisotopic (exact) mass is 411 g/mol. The van der Waals surface area contributed by atoms with Gasteiger partial charge < -0.3 is 15.2 Å². The van der Waals surface area contributed by atoms with E-state index in [0.717, 1.165) is 18.4 Å². The number of sulfone groups is 1. The van der Waals surface area contributed by atoms with Gasteiger partial charge in [-0.2, -0.15) is 4.98 Å². The van der Waals surface area contributed by atoms with Crippen LogP contribution in [0.5, 0.6) is 0 Å². The number of hydrogen-bond donors (Lipinski definition) is 2. The summed E-state index contributed by atoms with van der Waals surface area (Å²) < 4.78 is 30.4. The first-order valence-corrected chi connectivity index (χ1v) is 10.9. The number of aromatic nitrogens is 2. The molecule has 8 nitrogen and oxygen atoms in total. The van der Waals surface area contributed by atoms with Gasteiger partial charge in [0.15, 0.2) is 15.8 Å². The first-order valence-electron chi connectivity index (χ1n) is 9.25. The van der Waals surface area contributed by atoms with Gasteiger partial charge in [-0.1, -0.05) is 47.6 Å². The van der Waals surface area contributed by atoms with Gasteiger partial charge in [-0.15, -0.1) is 0 Å². The molecule has 1 aromatic heterocycles. The molecule has 1 fully saturated rings. The van der Waals surface area contributed by atoms with Crippen LogP contribution in [0.2, 0.25) is 0 Å². The highest BCUT2D eigenvalue weighted by Crippen LogP contribution is 2.31. The summed E-state index contributed by atoms with van der Waals surface area (Å²) in [7, 11) is -3.40. The third-order valence-corrected chi connectivity index (χ3v) is 6.66. The average molecular weight is 411 g/mol. The number of nitrogens with zero attached hydrogens (tertiary/aromatic N) is 3. The minimum atomic E-state index is -3.40. The average Bonchev–Trinajstić information content (AvgIpc) is 3.38. The highest BCUT2D eigenvalue weighted by Gasteiger charge is 2.31. The van der Waals surface area contributed by atoms with Crippen molar-refractivity contribution >= 4 is 15.8 Å². The molecule has 9 heteroatoms. The van der Waals surface area contributed by atoms with E-state index in [4.69, 9.17) is 15.7 Å². The standard InChI is InChI=1S/C20H21N5O3S/c21-20(22)25-12-4-7-17(25)19-23-18(24-28-19)15-10-8-14(9-11-15)13-29(26,27)16-5-2-1-3-6-16/h1-3,5-6,8-11,17H,4,7,12-13H2,(H3,21,22)/t17-/m0/s1. The number of hydrogen-bond acceptors (Lipinski definition) is 6. The van der Waals surface area contributed by atoms with Gasteiger partial charge >= 0.3 is 0 Å². The van der Waals surface area contributed by atoms with Gasteiger partial charge in [0.1, 0.15) is 6.04 Å². The summed E-state index contributed by atoms with van der Waals surface area (Å²) in [6.07, 6.45) is 1.71. The van der Waals surface area contributed by atoms with Crippen molar-refractivity contribution in [3.63, 3.8) is 0 Å². The highest BCUT2D eigenvalue weighted by molar-refractivity contribution is 7.90. The van der Waals surface area contributed by atoms with E-state index in [1.807, 2.05) is 0 Å². The van der Waals surface area contributed by atoms with Gasteiger partial charge in [0.05, 0.1) is 10.6 Å². The van der Waals surface area contributed by atoms with Crippen molar-refractivity contribution in [3.8, 4) is 11.4 Å². The zero-order valence-electron chi connectivity index (χ0n) is 15.7. The van der Waals surface area contributed by atoms with E-state index in [2.05, 4.69) is 10.1 Å². The molecule has 1 aliphatic heterocycles. The van der Waals surface area contributed by atoms with Gasteiger partial charge in [0, 0.05) is 12.1 Å². The van der Waals surface area contributed by atoms with Crippen molar-refractivity contribution in [1.29, 1.82) is 5.41 Å². The number of nitrogens with two attached hydrogens (primary N) is 1. The van der Waals surface area contributed by atoms with Crippen molar-refractivity contribution in [2.75, 3.05) is 6.54 Å². The molecule has 0 aliphatic carbocycles. The maximum absolute atomic E-state index is 12.5. The molecular weight excluding hydrogens is 390 g/mol.